The minimum Gasteiger partial charge on any atom is -0.383 e. The van der Waals surface area contributed by atoms with Crippen LogP contribution in [0, 0.1) is 0 Å². The van der Waals surface area contributed by atoms with Crippen molar-refractivity contribution in [1.82, 2.24) is 14.9 Å². The summed E-state index contributed by atoms with van der Waals surface area (Å²) in [7, 11) is 4.29. The van der Waals surface area contributed by atoms with Crippen molar-refractivity contribution < 1.29 is 0 Å². The Hall–Kier alpha value is -1.36. The van der Waals surface area contributed by atoms with Gasteiger partial charge in [0.25, 0.3) is 0 Å². The molecule has 1 atom stereocenters. The van der Waals surface area contributed by atoms with E-state index in [1.54, 1.807) is 6.33 Å². The van der Waals surface area contributed by atoms with Crippen LogP contribution in [0.1, 0.15) is 25.3 Å². The maximum Gasteiger partial charge on any atom is 0.137 e. The van der Waals surface area contributed by atoms with Crippen LogP contribution in [-0.2, 0) is 6.42 Å². The molecule has 18 heavy (non-hydrogen) atoms. The lowest BCUT2D eigenvalue weighted by Gasteiger charge is -2.37. The number of nitrogens with zero attached hydrogens (tertiary/aromatic N) is 4. The van der Waals surface area contributed by atoms with E-state index in [1.807, 2.05) is 0 Å². The fourth-order valence-corrected chi connectivity index (χ4v) is 2.69. The quantitative estimate of drug-likeness (QED) is 0.871. The molecule has 5 nitrogen and oxygen atoms in total. The lowest BCUT2D eigenvalue weighted by molar-refractivity contribution is 0.247. The number of aromatic nitrogens is 2. The zero-order valence-electron chi connectivity index (χ0n) is 11.6. The second-order valence-electron chi connectivity index (χ2n) is 5.08. The maximum atomic E-state index is 5.94. The Balaban J connectivity index is 2.22. The first-order chi connectivity index (χ1) is 8.63. The molecule has 0 bridgehead atoms. The van der Waals surface area contributed by atoms with E-state index in [2.05, 4.69) is 40.8 Å². The number of likely N-dealkylation sites (tertiary alicyclic amines) is 1. The Morgan fingerprint density at radius 1 is 1.50 bits per heavy atom. The van der Waals surface area contributed by atoms with Crippen molar-refractivity contribution in [2.24, 2.45) is 0 Å². The second kappa shape index (κ2) is 5.52. The molecule has 1 aromatic heterocycles. The van der Waals surface area contributed by atoms with Gasteiger partial charge in [0, 0.05) is 25.2 Å². The summed E-state index contributed by atoms with van der Waals surface area (Å²) in [4.78, 5) is 13.2. The SMILES string of the molecule is CCc1c(N)ncnc1N(C)C1CCCN(C)C1. The number of likely N-dealkylation sites (N-methyl/N-ethyl adjacent to an activating group) is 2. The molecular formula is C13H23N5. The predicted molar refractivity (Wildman–Crippen MR) is 74.7 cm³/mol. The van der Waals surface area contributed by atoms with Crippen molar-refractivity contribution in [2.75, 3.05) is 37.8 Å². The molecule has 0 aromatic carbocycles. The summed E-state index contributed by atoms with van der Waals surface area (Å²) < 4.78 is 0. The third kappa shape index (κ3) is 2.56. The van der Waals surface area contributed by atoms with Crippen LogP contribution in [0.2, 0.25) is 0 Å². The van der Waals surface area contributed by atoms with Crippen LogP contribution in [0.5, 0.6) is 0 Å². The summed E-state index contributed by atoms with van der Waals surface area (Å²) in [6, 6.07) is 0.517. The first-order valence-corrected chi connectivity index (χ1v) is 6.64. The van der Waals surface area contributed by atoms with Crippen molar-refractivity contribution in [1.29, 1.82) is 0 Å². The number of hydrogen-bond acceptors (Lipinski definition) is 5. The molecule has 0 spiro atoms. The Bertz CT molecular complexity index is 406. The molecule has 5 heteroatoms. The Kier molecular flexibility index (Phi) is 4.01. The minimum absolute atomic E-state index is 0.517. The number of anilines is 2. The minimum atomic E-state index is 0.517. The molecule has 0 amide bonds. The molecule has 0 saturated carbocycles. The average molecular weight is 249 g/mol. The first-order valence-electron chi connectivity index (χ1n) is 6.64. The third-order valence-corrected chi connectivity index (χ3v) is 3.79. The maximum absolute atomic E-state index is 5.94. The van der Waals surface area contributed by atoms with E-state index in [1.165, 1.54) is 19.4 Å². The Morgan fingerprint density at radius 3 is 2.94 bits per heavy atom. The van der Waals surface area contributed by atoms with E-state index in [0.717, 1.165) is 24.3 Å². The normalized spacial score (nSPS) is 20.9. The van der Waals surface area contributed by atoms with Gasteiger partial charge >= 0.3 is 0 Å². The van der Waals surface area contributed by atoms with Gasteiger partial charge in [-0.15, -0.1) is 0 Å². The van der Waals surface area contributed by atoms with Gasteiger partial charge in [0.1, 0.15) is 18.0 Å². The highest BCUT2D eigenvalue weighted by Crippen LogP contribution is 2.25. The summed E-state index contributed by atoms with van der Waals surface area (Å²) >= 11 is 0. The summed E-state index contributed by atoms with van der Waals surface area (Å²) in [6.07, 6.45) is 4.89. The average Bonchev–Trinajstić information content (AvgIpc) is 2.37. The van der Waals surface area contributed by atoms with Gasteiger partial charge in [0.05, 0.1) is 0 Å². The molecule has 100 valence electrons. The molecule has 2 rings (SSSR count). The summed E-state index contributed by atoms with van der Waals surface area (Å²) in [6.45, 7) is 4.37. The fraction of sp³-hybridized carbons (Fsp3) is 0.692. The zero-order valence-corrected chi connectivity index (χ0v) is 11.6. The molecule has 1 unspecified atom stereocenters. The highest BCUT2D eigenvalue weighted by molar-refractivity contribution is 5.56. The molecule has 2 heterocycles. The van der Waals surface area contributed by atoms with Crippen molar-refractivity contribution in [3.05, 3.63) is 11.9 Å². The smallest absolute Gasteiger partial charge is 0.137 e. The van der Waals surface area contributed by atoms with E-state index in [0.29, 0.717) is 11.9 Å². The lowest BCUT2D eigenvalue weighted by Crippen LogP contribution is -2.45. The van der Waals surface area contributed by atoms with Gasteiger partial charge in [-0.2, -0.15) is 0 Å². The Morgan fingerprint density at radius 2 is 2.28 bits per heavy atom. The molecule has 2 N–H and O–H groups in total. The van der Waals surface area contributed by atoms with E-state index >= 15 is 0 Å². The van der Waals surface area contributed by atoms with Crippen molar-refractivity contribution in [2.45, 2.75) is 32.2 Å². The van der Waals surface area contributed by atoms with E-state index in [9.17, 15) is 0 Å². The number of piperidine rings is 1. The van der Waals surface area contributed by atoms with Gasteiger partial charge in [-0.25, -0.2) is 9.97 Å². The summed E-state index contributed by atoms with van der Waals surface area (Å²) in [5.74, 6) is 1.60. The van der Waals surface area contributed by atoms with Gasteiger partial charge in [0.15, 0.2) is 0 Å². The van der Waals surface area contributed by atoms with Crippen LogP contribution < -0.4 is 10.6 Å². The van der Waals surface area contributed by atoms with Crippen LogP contribution in [0.3, 0.4) is 0 Å². The van der Waals surface area contributed by atoms with Crippen LogP contribution in [0.4, 0.5) is 11.6 Å². The fourth-order valence-electron chi connectivity index (χ4n) is 2.69. The lowest BCUT2D eigenvalue weighted by atomic mass is 10.0. The predicted octanol–water partition coefficient (Wildman–Crippen LogP) is 1.15. The van der Waals surface area contributed by atoms with Crippen LogP contribution in [0.15, 0.2) is 6.33 Å². The molecule has 1 aliphatic rings. The molecular weight excluding hydrogens is 226 g/mol. The van der Waals surface area contributed by atoms with Gasteiger partial charge in [-0.05, 0) is 32.9 Å². The van der Waals surface area contributed by atoms with Gasteiger partial charge in [-0.1, -0.05) is 6.92 Å². The number of nitrogen functional groups attached to an aromatic ring is 1. The number of rotatable bonds is 3. The van der Waals surface area contributed by atoms with Crippen molar-refractivity contribution in [3.63, 3.8) is 0 Å². The molecule has 1 aliphatic heterocycles. The topological polar surface area (TPSA) is 58.3 Å². The molecule has 1 saturated heterocycles. The number of hydrogen-bond donors (Lipinski definition) is 1. The van der Waals surface area contributed by atoms with Gasteiger partial charge in [-0.3, -0.25) is 0 Å². The highest BCUT2D eigenvalue weighted by Gasteiger charge is 2.24. The standard InChI is InChI=1S/C13H23N5/c1-4-11-12(14)15-9-16-13(11)18(3)10-6-5-7-17(2)8-10/h9-10H,4-8H2,1-3H3,(H2,14,15,16). The molecule has 0 radical (unpaired) electrons. The van der Waals surface area contributed by atoms with Crippen LogP contribution in [0.25, 0.3) is 0 Å². The second-order valence-corrected chi connectivity index (χ2v) is 5.08. The van der Waals surface area contributed by atoms with E-state index in [4.69, 9.17) is 5.73 Å². The van der Waals surface area contributed by atoms with E-state index in [-0.39, 0.29) is 0 Å². The highest BCUT2D eigenvalue weighted by atomic mass is 15.2. The summed E-state index contributed by atoms with van der Waals surface area (Å²) in [5, 5.41) is 0. The largest absolute Gasteiger partial charge is 0.383 e. The van der Waals surface area contributed by atoms with Crippen LogP contribution >= 0.6 is 0 Å². The summed E-state index contributed by atoms with van der Waals surface area (Å²) in [5.41, 5.74) is 7.00. The van der Waals surface area contributed by atoms with Gasteiger partial charge in [0.2, 0.25) is 0 Å². The van der Waals surface area contributed by atoms with Gasteiger partial charge < -0.3 is 15.5 Å². The zero-order chi connectivity index (χ0) is 13.1. The van der Waals surface area contributed by atoms with Crippen molar-refractivity contribution in [3.8, 4) is 0 Å². The molecule has 0 aliphatic carbocycles. The monoisotopic (exact) mass is 249 g/mol. The van der Waals surface area contributed by atoms with Crippen molar-refractivity contribution >= 4 is 11.6 Å². The van der Waals surface area contributed by atoms with E-state index < -0.39 is 0 Å². The Labute approximate surface area is 109 Å². The van der Waals surface area contributed by atoms with Crippen LogP contribution in [-0.4, -0.2) is 48.1 Å². The third-order valence-electron chi connectivity index (χ3n) is 3.79. The molecule has 1 aromatic rings. The first kappa shape index (κ1) is 13.1. The number of nitrogens with two attached hydrogens (primary N) is 1. The molecule has 1 fully saturated rings.